The molecule has 0 saturated heterocycles. The third-order valence-electron chi connectivity index (χ3n) is 3.95. The van der Waals surface area contributed by atoms with Crippen LogP contribution in [0.5, 0.6) is 0 Å². The molecular weight excluding hydrogens is 260 g/mol. The van der Waals surface area contributed by atoms with Gasteiger partial charge in [-0.1, -0.05) is 39.5 Å². The predicted octanol–water partition coefficient (Wildman–Crippen LogP) is 4.17. The van der Waals surface area contributed by atoms with Gasteiger partial charge in [0.05, 0.1) is 0 Å². The Morgan fingerprint density at radius 3 is 1.95 bits per heavy atom. The van der Waals surface area contributed by atoms with Crippen molar-refractivity contribution in [2.45, 2.75) is 71.6 Å². The summed E-state index contributed by atoms with van der Waals surface area (Å²) >= 11 is 0. The first-order valence-corrected chi connectivity index (χ1v) is 8.82. The normalized spacial score (nSPS) is 11.4. The van der Waals surface area contributed by atoms with E-state index >= 15 is 0 Å². The average molecular weight is 299 g/mol. The van der Waals surface area contributed by atoms with Crippen molar-refractivity contribution in [3.8, 4) is 0 Å². The third-order valence-corrected chi connectivity index (χ3v) is 3.95. The van der Waals surface area contributed by atoms with E-state index in [1.54, 1.807) is 0 Å². The van der Waals surface area contributed by atoms with E-state index in [0.717, 1.165) is 31.7 Å². The maximum atomic E-state index is 11.9. The maximum Gasteiger partial charge on any atom is 0.222 e. The first-order chi connectivity index (χ1) is 9.93. The lowest BCUT2D eigenvalue weighted by molar-refractivity contribution is -0.130. The van der Waals surface area contributed by atoms with Crippen molar-refractivity contribution in [1.82, 2.24) is 9.80 Å². The van der Waals surface area contributed by atoms with E-state index in [2.05, 4.69) is 32.8 Å². The zero-order valence-electron chi connectivity index (χ0n) is 15.2. The molecule has 0 aromatic carbocycles. The molecule has 0 aromatic heterocycles. The van der Waals surface area contributed by atoms with Crippen LogP contribution in [0.4, 0.5) is 0 Å². The summed E-state index contributed by atoms with van der Waals surface area (Å²) in [6, 6.07) is 0. The van der Waals surface area contributed by atoms with E-state index in [4.69, 9.17) is 0 Å². The lowest BCUT2D eigenvalue weighted by atomic mass is 10.1. The molecule has 0 bridgehead atoms. The molecule has 0 unspecified atom stereocenters. The third kappa shape index (κ3) is 14.1. The molecule has 0 N–H and O–H groups in total. The number of nitrogens with zero attached hydrogens (tertiary/aromatic N) is 2. The zero-order valence-corrected chi connectivity index (χ0v) is 15.2. The van der Waals surface area contributed by atoms with Gasteiger partial charge in [-0.3, -0.25) is 4.79 Å². The highest BCUT2D eigenvalue weighted by Crippen LogP contribution is 2.09. The quantitative estimate of drug-likeness (QED) is 0.476. The van der Waals surface area contributed by atoms with Crippen LogP contribution in [-0.2, 0) is 4.79 Å². The van der Waals surface area contributed by atoms with Crippen LogP contribution >= 0.6 is 0 Å². The van der Waals surface area contributed by atoms with Crippen LogP contribution in [0.3, 0.4) is 0 Å². The number of rotatable bonds is 13. The molecule has 0 rings (SSSR count). The van der Waals surface area contributed by atoms with Crippen LogP contribution in [0.15, 0.2) is 0 Å². The van der Waals surface area contributed by atoms with Gasteiger partial charge in [0.1, 0.15) is 0 Å². The van der Waals surface area contributed by atoms with Gasteiger partial charge in [-0.05, 0) is 52.2 Å². The molecule has 0 aliphatic carbocycles. The molecule has 0 saturated carbocycles. The first-order valence-electron chi connectivity index (χ1n) is 8.82. The summed E-state index contributed by atoms with van der Waals surface area (Å²) in [5.74, 6) is 1.06. The summed E-state index contributed by atoms with van der Waals surface area (Å²) in [7, 11) is 6.20. The standard InChI is InChI=1S/C18H38N2O/c1-17(2)13-12-16-20(5)18(21)14-10-8-6-7-9-11-15-19(3)4/h17H,6-16H2,1-5H3. The van der Waals surface area contributed by atoms with Crippen molar-refractivity contribution in [2.24, 2.45) is 5.92 Å². The Kier molecular flexibility index (Phi) is 12.8. The van der Waals surface area contributed by atoms with Crippen LogP contribution in [0.2, 0.25) is 0 Å². The molecule has 126 valence electrons. The van der Waals surface area contributed by atoms with E-state index < -0.39 is 0 Å². The van der Waals surface area contributed by atoms with Crippen LogP contribution < -0.4 is 0 Å². The molecule has 0 aliphatic heterocycles. The van der Waals surface area contributed by atoms with Gasteiger partial charge in [0.2, 0.25) is 5.91 Å². The first kappa shape index (κ1) is 20.4. The van der Waals surface area contributed by atoms with Gasteiger partial charge in [0.25, 0.3) is 0 Å². The molecule has 3 nitrogen and oxygen atoms in total. The Morgan fingerprint density at radius 1 is 0.810 bits per heavy atom. The summed E-state index contributed by atoms with van der Waals surface area (Å²) in [6.45, 7) is 6.59. The fourth-order valence-corrected chi connectivity index (χ4v) is 2.46. The van der Waals surface area contributed by atoms with E-state index in [1.807, 2.05) is 11.9 Å². The van der Waals surface area contributed by atoms with Crippen LogP contribution in [-0.4, -0.2) is 49.9 Å². The Hall–Kier alpha value is -0.570. The maximum absolute atomic E-state index is 11.9. The summed E-state index contributed by atoms with van der Waals surface area (Å²) in [6.07, 6.45) is 10.5. The Morgan fingerprint density at radius 2 is 1.38 bits per heavy atom. The molecule has 0 spiro atoms. The minimum Gasteiger partial charge on any atom is -0.346 e. The Balaban J connectivity index is 3.40. The molecule has 0 heterocycles. The number of hydrogen-bond acceptors (Lipinski definition) is 2. The number of hydrogen-bond donors (Lipinski definition) is 0. The second-order valence-corrected chi connectivity index (χ2v) is 7.03. The van der Waals surface area contributed by atoms with Crippen LogP contribution in [0.25, 0.3) is 0 Å². The highest BCUT2D eigenvalue weighted by molar-refractivity contribution is 5.75. The van der Waals surface area contributed by atoms with E-state index in [0.29, 0.717) is 5.91 Å². The van der Waals surface area contributed by atoms with Crippen molar-refractivity contribution < 1.29 is 4.79 Å². The highest BCUT2D eigenvalue weighted by atomic mass is 16.2. The summed E-state index contributed by atoms with van der Waals surface area (Å²) in [4.78, 5) is 16.1. The number of amides is 1. The van der Waals surface area contributed by atoms with E-state index in [9.17, 15) is 4.79 Å². The fourth-order valence-electron chi connectivity index (χ4n) is 2.46. The number of carbonyl (C=O) groups is 1. The highest BCUT2D eigenvalue weighted by Gasteiger charge is 2.08. The lowest BCUT2D eigenvalue weighted by Gasteiger charge is -2.17. The van der Waals surface area contributed by atoms with Gasteiger partial charge < -0.3 is 9.80 Å². The molecule has 3 heteroatoms. The monoisotopic (exact) mass is 298 g/mol. The topological polar surface area (TPSA) is 23.6 Å². The molecule has 21 heavy (non-hydrogen) atoms. The second kappa shape index (κ2) is 13.1. The van der Waals surface area contributed by atoms with E-state index in [1.165, 1.54) is 45.1 Å². The molecular formula is C18H38N2O. The van der Waals surface area contributed by atoms with Gasteiger partial charge >= 0.3 is 0 Å². The van der Waals surface area contributed by atoms with Gasteiger partial charge in [0.15, 0.2) is 0 Å². The summed E-state index contributed by atoms with van der Waals surface area (Å²) < 4.78 is 0. The van der Waals surface area contributed by atoms with Gasteiger partial charge in [0, 0.05) is 20.0 Å². The van der Waals surface area contributed by atoms with Crippen LogP contribution in [0, 0.1) is 5.92 Å². The van der Waals surface area contributed by atoms with Crippen molar-refractivity contribution >= 4 is 5.91 Å². The Labute approximate surface area is 133 Å². The smallest absolute Gasteiger partial charge is 0.222 e. The molecule has 0 fully saturated rings. The fraction of sp³-hybridized carbons (Fsp3) is 0.944. The molecule has 0 aromatic rings. The summed E-state index contributed by atoms with van der Waals surface area (Å²) in [5, 5.41) is 0. The predicted molar refractivity (Wildman–Crippen MR) is 92.6 cm³/mol. The lowest BCUT2D eigenvalue weighted by Crippen LogP contribution is -2.27. The van der Waals surface area contributed by atoms with Crippen LogP contribution in [0.1, 0.15) is 71.6 Å². The molecule has 1 amide bonds. The zero-order chi connectivity index (χ0) is 16.1. The molecule has 0 atom stereocenters. The van der Waals surface area contributed by atoms with Gasteiger partial charge in [-0.2, -0.15) is 0 Å². The second-order valence-electron chi connectivity index (χ2n) is 7.03. The average Bonchev–Trinajstić information content (AvgIpc) is 2.40. The van der Waals surface area contributed by atoms with E-state index in [-0.39, 0.29) is 0 Å². The van der Waals surface area contributed by atoms with Gasteiger partial charge in [-0.15, -0.1) is 0 Å². The number of carbonyl (C=O) groups excluding carboxylic acids is 1. The SMILES string of the molecule is CC(C)CCCN(C)C(=O)CCCCCCCCN(C)C. The Bertz CT molecular complexity index is 252. The minimum atomic E-state index is 0.325. The number of unbranched alkanes of at least 4 members (excludes halogenated alkanes) is 5. The largest absolute Gasteiger partial charge is 0.346 e. The van der Waals surface area contributed by atoms with Gasteiger partial charge in [-0.25, -0.2) is 0 Å². The molecule has 0 aliphatic rings. The molecule has 0 radical (unpaired) electrons. The minimum absolute atomic E-state index is 0.325. The van der Waals surface area contributed by atoms with Crippen molar-refractivity contribution in [1.29, 1.82) is 0 Å². The van der Waals surface area contributed by atoms with Crippen molar-refractivity contribution in [2.75, 3.05) is 34.2 Å². The van der Waals surface area contributed by atoms with Crippen molar-refractivity contribution in [3.63, 3.8) is 0 Å². The summed E-state index contributed by atoms with van der Waals surface area (Å²) in [5.41, 5.74) is 0. The van der Waals surface area contributed by atoms with Crippen molar-refractivity contribution in [3.05, 3.63) is 0 Å².